The van der Waals surface area contributed by atoms with Crippen LogP contribution in [0.3, 0.4) is 0 Å². The van der Waals surface area contributed by atoms with Crippen molar-refractivity contribution >= 4 is 23.5 Å². The topological polar surface area (TPSA) is 64.3 Å². The van der Waals surface area contributed by atoms with Crippen LogP contribution in [-0.2, 0) is 0 Å². The second-order valence-corrected chi connectivity index (χ2v) is 6.70. The minimum absolute atomic E-state index is 0.0400. The number of likely N-dealkylation sites (N-methyl/N-ethyl adjacent to an activating group) is 1. The number of para-hydroxylation sites is 1. The lowest BCUT2D eigenvalue weighted by molar-refractivity contribution is 0.164. The minimum Gasteiger partial charge on any atom is -0.339 e. The average Bonchev–Trinajstić information content (AvgIpc) is 2.95. The first-order chi connectivity index (χ1) is 11.1. The van der Waals surface area contributed by atoms with Crippen LogP contribution in [-0.4, -0.2) is 59.0 Å². The number of hydrogen-bond acceptors (Lipinski definition) is 4. The summed E-state index contributed by atoms with van der Waals surface area (Å²) >= 11 is 1.52. The normalized spacial score (nSPS) is 15.7. The molecule has 0 saturated carbocycles. The molecular weight excluding hydrogens is 310 g/mol. The monoisotopic (exact) mass is 331 g/mol. The van der Waals surface area contributed by atoms with Crippen molar-refractivity contribution in [1.29, 1.82) is 0 Å². The van der Waals surface area contributed by atoms with Crippen molar-refractivity contribution in [3.05, 3.63) is 36.2 Å². The molecule has 0 atom stereocenters. The minimum atomic E-state index is -0.0400. The van der Waals surface area contributed by atoms with Crippen LogP contribution in [0, 0.1) is 6.92 Å². The zero-order valence-corrected chi connectivity index (χ0v) is 14.2. The number of nitrogens with zero attached hydrogens (tertiary/aromatic N) is 3. The highest BCUT2D eigenvalue weighted by molar-refractivity contribution is 7.99. The Morgan fingerprint density at radius 2 is 2.00 bits per heavy atom. The molecule has 2 N–H and O–H groups in total. The van der Waals surface area contributed by atoms with E-state index in [1.807, 2.05) is 42.3 Å². The Balaban J connectivity index is 1.69. The Kier molecular flexibility index (Phi) is 4.88. The van der Waals surface area contributed by atoms with Gasteiger partial charge in [0.15, 0.2) is 5.16 Å². The van der Waals surface area contributed by atoms with Crippen molar-refractivity contribution in [3.63, 3.8) is 0 Å². The van der Waals surface area contributed by atoms with E-state index in [1.54, 1.807) is 0 Å². The van der Waals surface area contributed by atoms with Crippen molar-refractivity contribution in [1.82, 2.24) is 19.8 Å². The molecule has 1 aromatic heterocycles. The molecule has 1 aliphatic heterocycles. The quantitative estimate of drug-likeness (QED) is 0.907. The summed E-state index contributed by atoms with van der Waals surface area (Å²) in [6.45, 7) is 5.29. The highest BCUT2D eigenvalue weighted by atomic mass is 32.2. The molecule has 0 radical (unpaired) electrons. The number of benzene rings is 1. The number of aryl methyl sites for hydroxylation is 1. The molecule has 3 rings (SSSR count). The number of piperazine rings is 1. The molecule has 1 fully saturated rings. The van der Waals surface area contributed by atoms with Gasteiger partial charge in [-0.2, -0.15) is 0 Å². The number of carbonyl (C=O) groups excluding carboxylic acids is 1. The zero-order valence-electron chi connectivity index (χ0n) is 13.4. The fourth-order valence-corrected chi connectivity index (χ4v) is 3.30. The van der Waals surface area contributed by atoms with Crippen LogP contribution in [0.4, 0.5) is 10.5 Å². The van der Waals surface area contributed by atoms with E-state index in [1.165, 1.54) is 11.8 Å². The summed E-state index contributed by atoms with van der Waals surface area (Å²) in [5.74, 6) is 0. The van der Waals surface area contributed by atoms with E-state index in [4.69, 9.17) is 0 Å². The van der Waals surface area contributed by atoms with E-state index in [0.717, 1.165) is 47.6 Å². The predicted molar refractivity (Wildman–Crippen MR) is 92.0 cm³/mol. The predicted octanol–water partition coefficient (Wildman–Crippen LogP) is 2.65. The van der Waals surface area contributed by atoms with Crippen LogP contribution in [0.5, 0.6) is 0 Å². The first kappa shape index (κ1) is 15.9. The van der Waals surface area contributed by atoms with Crippen molar-refractivity contribution in [2.45, 2.75) is 17.0 Å². The van der Waals surface area contributed by atoms with Crippen molar-refractivity contribution < 1.29 is 4.79 Å². The molecule has 23 heavy (non-hydrogen) atoms. The second kappa shape index (κ2) is 7.06. The number of carbonyl (C=O) groups is 1. The van der Waals surface area contributed by atoms with Gasteiger partial charge < -0.3 is 20.1 Å². The first-order valence-electron chi connectivity index (χ1n) is 7.65. The van der Waals surface area contributed by atoms with E-state index < -0.39 is 0 Å². The highest BCUT2D eigenvalue weighted by Gasteiger charge is 2.19. The summed E-state index contributed by atoms with van der Waals surface area (Å²) in [5, 5.41) is 3.85. The smallest absolute Gasteiger partial charge is 0.321 e. The third-order valence-corrected chi connectivity index (χ3v) is 4.79. The summed E-state index contributed by atoms with van der Waals surface area (Å²) in [6.07, 6.45) is 1.87. The highest BCUT2D eigenvalue weighted by Crippen LogP contribution is 2.31. The molecule has 0 unspecified atom stereocenters. The number of nitrogens with one attached hydrogen (secondary N) is 2. The number of anilines is 1. The van der Waals surface area contributed by atoms with Gasteiger partial charge in [0.2, 0.25) is 0 Å². The zero-order chi connectivity index (χ0) is 16.2. The van der Waals surface area contributed by atoms with Crippen LogP contribution in [0.25, 0.3) is 0 Å². The Bertz CT molecular complexity index is 679. The standard InChI is InChI=1S/C16H21N5OS/c1-12-11-17-15(18-12)23-14-6-4-3-5-13(14)19-16(22)21-9-7-20(2)8-10-21/h3-6,11H,7-10H2,1-2H3,(H,17,18)(H,19,22). The summed E-state index contributed by atoms with van der Waals surface area (Å²) in [6, 6.07) is 7.76. The van der Waals surface area contributed by atoms with Gasteiger partial charge in [0.1, 0.15) is 0 Å². The van der Waals surface area contributed by atoms with Gasteiger partial charge in [-0.1, -0.05) is 12.1 Å². The van der Waals surface area contributed by atoms with Gasteiger partial charge in [0.25, 0.3) is 0 Å². The second-order valence-electron chi connectivity index (χ2n) is 5.67. The third kappa shape index (κ3) is 4.05. The van der Waals surface area contributed by atoms with E-state index in [9.17, 15) is 4.79 Å². The molecule has 2 heterocycles. The SMILES string of the molecule is Cc1c[nH]c(Sc2ccccc2NC(=O)N2CCN(C)CC2)n1. The lowest BCUT2D eigenvalue weighted by Crippen LogP contribution is -2.48. The van der Waals surface area contributed by atoms with Crippen LogP contribution in [0.15, 0.2) is 40.5 Å². The molecule has 0 aliphatic carbocycles. The lowest BCUT2D eigenvalue weighted by Gasteiger charge is -2.32. The van der Waals surface area contributed by atoms with Gasteiger partial charge in [0.05, 0.1) is 11.4 Å². The first-order valence-corrected chi connectivity index (χ1v) is 8.47. The van der Waals surface area contributed by atoms with E-state index in [-0.39, 0.29) is 6.03 Å². The Hall–Kier alpha value is -1.99. The molecule has 0 spiro atoms. The number of aromatic nitrogens is 2. The maximum Gasteiger partial charge on any atom is 0.321 e. The molecule has 1 aliphatic rings. The van der Waals surface area contributed by atoms with Crippen molar-refractivity contribution in [2.24, 2.45) is 0 Å². The molecular formula is C16H21N5OS. The number of rotatable bonds is 3. The van der Waals surface area contributed by atoms with Crippen molar-refractivity contribution in [2.75, 3.05) is 38.5 Å². The lowest BCUT2D eigenvalue weighted by atomic mass is 10.3. The Labute approximate surface area is 140 Å². The number of hydrogen-bond donors (Lipinski definition) is 2. The van der Waals surface area contributed by atoms with E-state index in [0.29, 0.717) is 0 Å². The molecule has 1 saturated heterocycles. The fourth-order valence-electron chi connectivity index (χ4n) is 2.41. The third-order valence-electron chi connectivity index (χ3n) is 3.81. The number of H-pyrrole nitrogens is 1. The van der Waals surface area contributed by atoms with Gasteiger partial charge >= 0.3 is 6.03 Å². The van der Waals surface area contributed by atoms with Gasteiger partial charge in [-0.05, 0) is 37.9 Å². The van der Waals surface area contributed by atoms with Gasteiger partial charge in [-0.25, -0.2) is 9.78 Å². The van der Waals surface area contributed by atoms with Crippen LogP contribution < -0.4 is 5.32 Å². The maximum absolute atomic E-state index is 12.4. The number of imidazole rings is 1. The Morgan fingerprint density at radius 1 is 1.26 bits per heavy atom. The van der Waals surface area contributed by atoms with E-state index in [2.05, 4.69) is 27.2 Å². The number of amides is 2. The molecule has 7 heteroatoms. The van der Waals surface area contributed by atoms with Crippen LogP contribution in [0.1, 0.15) is 5.69 Å². The largest absolute Gasteiger partial charge is 0.339 e. The summed E-state index contributed by atoms with van der Waals surface area (Å²) in [5.41, 5.74) is 1.77. The summed E-state index contributed by atoms with van der Waals surface area (Å²) in [4.78, 5) is 25.0. The number of aromatic amines is 1. The van der Waals surface area contributed by atoms with Gasteiger partial charge in [0, 0.05) is 37.3 Å². The molecule has 1 aromatic carbocycles. The molecule has 2 aromatic rings. The molecule has 0 bridgehead atoms. The van der Waals surface area contributed by atoms with Crippen LogP contribution >= 0.6 is 11.8 Å². The molecule has 2 amide bonds. The van der Waals surface area contributed by atoms with Gasteiger partial charge in [-0.15, -0.1) is 0 Å². The average molecular weight is 331 g/mol. The maximum atomic E-state index is 12.4. The Morgan fingerprint density at radius 3 is 2.70 bits per heavy atom. The van der Waals surface area contributed by atoms with Crippen LogP contribution in [0.2, 0.25) is 0 Å². The van der Waals surface area contributed by atoms with Gasteiger partial charge in [-0.3, -0.25) is 0 Å². The van der Waals surface area contributed by atoms with E-state index >= 15 is 0 Å². The summed E-state index contributed by atoms with van der Waals surface area (Å²) in [7, 11) is 2.08. The summed E-state index contributed by atoms with van der Waals surface area (Å²) < 4.78 is 0. The number of urea groups is 1. The van der Waals surface area contributed by atoms with Crippen molar-refractivity contribution in [3.8, 4) is 0 Å². The molecule has 122 valence electrons. The fraction of sp³-hybridized carbons (Fsp3) is 0.375. The molecule has 6 nitrogen and oxygen atoms in total.